The fraction of sp³-hybridized carbons (Fsp3) is 0.143. The van der Waals surface area contributed by atoms with E-state index in [-0.39, 0.29) is 16.4 Å². The molecule has 1 aromatic heterocycles. The van der Waals surface area contributed by atoms with Crippen molar-refractivity contribution in [2.24, 2.45) is 0 Å². The predicted octanol–water partition coefficient (Wildman–Crippen LogP) is 3.93. The van der Waals surface area contributed by atoms with Crippen molar-refractivity contribution in [2.45, 2.75) is 17.9 Å². The quantitative estimate of drug-likeness (QED) is 0.430. The van der Waals surface area contributed by atoms with E-state index >= 15 is 0 Å². The van der Waals surface area contributed by atoms with Crippen LogP contribution in [0.2, 0.25) is 0 Å². The molecule has 156 valence electrons. The zero-order chi connectivity index (χ0) is 21.7. The second-order valence-corrected chi connectivity index (χ2v) is 8.20. The van der Waals surface area contributed by atoms with Crippen molar-refractivity contribution in [3.63, 3.8) is 0 Å². The van der Waals surface area contributed by atoms with Crippen molar-refractivity contribution in [3.8, 4) is 5.75 Å². The number of hydrogen-bond donors (Lipinski definition) is 1. The summed E-state index contributed by atoms with van der Waals surface area (Å²) >= 11 is 0. The molecule has 0 bridgehead atoms. The summed E-state index contributed by atoms with van der Waals surface area (Å²) in [6.07, 6.45) is 2.58. The number of furan rings is 1. The van der Waals surface area contributed by atoms with E-state index in [1.807, 2.05) is 6.92 Å². The van der Waals surface area contributed by atoms with Gasteiger partial charge in [0.15, 0.2) is 0 Å². The molecule has 0 aliphatic carbocycles. The maximum Gasteiger partial charge on any atom is 0.272 e. The first-order valence-corrected chi connectivity index (χ1v) is 10.4. The van der Waals surface area contributed by atoms with Gasteiger partial charge in [-0.15, -0.1) is 0 Å². The molecule has 2 aromatic carbocycles. The molecule has 0 fully saturated rings. The van der Waals surface area contributed by atoms with Crippen LogP contribution in [-0.4, -0.2) is 20.5 Å². The van der Waals surface area contributed by atoms with Crippen molar-refractivity contribution in [3.05, 3.63) is 99.6 Å². The number of aryl methyl sites for hydroxylation is 1. The Labute approximate surface area is 174 Å². The first-order chi connectivity index (χ1) is 14.3. The number of methoxy groups -OCH3 is 1. The van der Waals surface area contributed by atoms with E-state index in [0.29, 0.717) is 11.3 Å². The van der Waals surface area contributed by atoms with E-state index in [1.54, 1.807) is 48.5 Å². The van der Waals surface area contributed by atoms with E-state index < -0.39 is 21.0 Å². The van der Waals surface area contributed by atoms with E-state index in [0.717, 1.165) is 5.56 Å². The highest BCUT2D eigenvalue weighted by Gasteiger charge is 2.32. The van der Waals surface area contributed by atoms with Crippen molar-refractivity contribution in [1.82, 2.24) is 4.72 Å². The molecule has 1 heterocycles. The zero-order valence-electron chi connectivity index (χ0n) is 16.3. The molecule has 0 saturated heterocycles. The van der Waals surface area contributed by atoms with Crippen molar-refractivity contribution in [2.75, 3.05) is 7.11 Å². The van der Waals surface area contributed by atoms with Gasteiger partial charge < -0.3 is 9.15 Å². The Bertz CT molecular complexity index is 1140. The molecule has 1 unspecified atom stereocenters. The van der Waals surface area contributed by atoms with E-state index in [9.17, 15) is 18.5 Å². The Morgan fingerprint density at radius 3 is 2.33 bits per heavy atom. The maximum absolute atomic E-state index is 13.0. The fourth-order valence-corrected chi connectivity index (χ4v) is 3.99. The first kappa shape index (κ1) is 21.3. The van der Waals surface area contributed by atoms with Gasteiger partial charge in [-0.25, -0.2) is 8.42 Å². The number of nitrogens with zero attached hydrogens (tertiary/aromatic N) is 1. The van der Waals surface area contributed by atoms with Crippen molar-refractivity contribution in [1.29, 1.82) is 0 Å². The lowest BCUT2D eigenvalue weighted by Gasteiger charge is -2.17. The smallest absolute Gasteiger partial charge is 0.272 e. The number of nitro groups is 1. The summed E-state index contributed by atoms with van der Waals surface area (Å²) in [6, 6.07) is 14.4. The van der Waals surface area contributed by atoms with Crippen LogP contribution in [0.15, 0.2) is 81.9 Å². The molecule has 30 heavy (non-hydrogen) atoms. The van der Waals surface area contributed by atoms with Crippen LogP contribution in [0.5, 0.6) is 5.75 Å². The minimum absolute atomic E-state index is 0.00677. The first-order valence-electron chi connectivity index (χ1n) is 8.92. The number of benzene rings is 2. The van der Waals surface area contributed by atoms with Gasteiger partial charge in [0.2, 0.25) is 10.0 Å². The number of sulfonamides is 1. The number of rotatable bonds is 8. The molecule has 1 atom stereocenters. The van der Waals surface area contributed by atoms with Crippen LogP contribution in [-0.2, 0) is 10.0 Å². The van der Waals surface area contributed by atoms with Gasteiger partial charge >= 0.3 is 0 Å². The molecule has 0 aliphatic rings. The third-order valence-corrected chi connectivity index (χ3v) is 5.83. The lowest BCUT2D eigenvalue weighted by molar-refractivity contribution is -0.429. The number of hydrogen-bond acceptors (Lipinski definition) is 6. The summed E-state index contributed by atoms with van der Waals surface area (Å²) < 4.78 is 38.7. The summed E-state index contributed by atoms with van der Waals surface area (Å²) in [4.78, 5) is 11.2. The Balaban J connectivity index is 2.08. The fourth-order valence-electron chi connectivity index (χ4n) is 2.80. The molecule has 1 N–H and O–H groups in total. The van der Waals surface area contributed by atoms with Crippen molar-refractivity contribution < 1.29 is 22.5 Å². The summed E-state index contributed by atoms with van der Waals surface area (Å²) in [7, 11) is -2.56. The van der Waals surface area contributed by atoms with E-state index in [4.69, 9.17) is 9.15 Å². The van der Waals surface area contributed by atoms with Crippen LogP contribution in [0.25, 0.3) is 6.08 Å². The predicted molar refractivity (Wildman–Crippen MR) is 111 cm³/mol. The molecule has 0 saturated carbocycles. The van der Waals surface area contributed by atoms with Gasteiger partial charge in [0.05, 0.1) is 29.3 Å². The lowest BCUT2D eigenvalue weighted by atomic mass is 10.0. The second-order valence-electron chi connectivity index (χ2n) is 6.48. The minimum Gasteiger partial charge on any atom is -0.497 e. The zero-order valence-corrected chi connectivity index (χ0v) is 17.1. The summed E-state index contributed by atoms with van der Waals surface area (Å²) in [5.74, 6) is 0.770. The summed E-state index contributed by atoms with van der Waals surface area (Å²) in [5.41, 5.74) is 0.885. The maximum atomic E-state index is 13.0. The average molecular weight is 428 g/mol. The van der Waals surface area contributed by atoms with Crippen LogP contribution >= 0.6 is 0 Å². The Kier molecular flexibility index (Phi) is 6.34. The SMILES string of the molecule is COc1ccc(C(NS(=O)(=O)c2ccc(C)cc2)/C(=C\c2ccco2)[N+](=O)[O-])cc1. The molecule has 0 aliphatic heterocycles. The van der Waals surface area contributed by atoms with Gasteiger partial charge in [0.25, 0.3) is 5.70 Å². The summed E-state index contributed by atoms with van der Waals surface area (Å²) in [6.45, 7) is 1.83. The third-order valence-electron chi connectivity index (χ3n) is 4.39. The van der Waals surface area contributed by atoms with E-state index in [2.05, 4.69) is 4.72 Å². The molecular weight excluding hydrogens is 408 g/mol. The lowest BCUT2D eigenvalue weighted by Crippen LogP contribution is -2.32. The number of nitrogens with one attached hydrogen (secondary N) is 1. The molecule has 3 rings (SSSR count). The van der Waals surface area contributed by atoms with Crippen molar-refractivity contribution >= 4 is 16.1 Å². The second kappa shape index (κ2) is 8.93. The highest BCUT2D eigenvalue weighted by Crippen LogP contribution is 2.28. The molecule has 3 aromatic rings. The largest absolute Gasteiger partial charge is 0.497 e. The Hall–Kier alpha value is -3.43. The Morgan fingerprint density at radius 1 is 1.13 bits per heavy atom. The van der Waals surface area contributed by atoms with Gasteiger partial charge in [-0.2, -0.15) is 4.72 Å². The highest BCUT2D eigenvalue weighted by molar-refractivity contribution is 7.89. The molecule has 0 spiro atoms. The standard InChI is InChI=1S/C21H20N2O6S/c1-15-5-11-19(12-6-15)30(26,27)22-21(16-7-9-17(28-2)10-8-16)20(23(24)25)14-18-4-3-13-29-18/h3-14,21-22H,1-2H3/b20-14+. The average Bonchev–Trinajstić information content (AvgIpc) is 3.24. The molecule has 9 heteroatoms. The van der Waals surface area contributed by atoms with Gasteiger partial charge in [-0.05, 0) is 48.9 Å². The van der Waals surface area contributed by atoms with Gasteiger partial charge in [0, 0.05) is 0 Å². The van der Waals surface area contributed by atoms with Gasteiger partial charge in [0.1, 0.15) is 17.6 Å². The van der Waals surface area contributed by atoms with Gasteiger partial charge in [-0.1, -0.05) is 29.8 Å². The number of ether oxygens (including phenoxy) is 1. The van der Waals surface area contributed by atoms with Gasteiger partial charge in [-0.3, -0.25) is 10.1 Å². The topological polar surface area (TPSA) is 112 Å². The van der Waals surface area contributed by atoms with Crippen LogP contribution in [0.3, 0.4) is 0 Å². The van der Waals surface area contributed by atoms with Crippen LogP contribution < -0.4 is 9.46 Å². The normalized spacial score (nSPS) is 13.1. The van der Waals surface area contributed by atoms with Crippen LogP contribution in [0, 0.1) is 17.0 Å². The molecule has 8 nitrogen and oxygen atoms in total. The van der Waals surface area contributed by atoms with Crippen LogP contribution in [0.4, 0.5) is 0 Å². The Morgan fingerprint density at radius 2 is 1.80 bits per heavy atom. The third kappa shape index (κ3) is 4.94. The molecule has 0 amide bonds. The van der Waals surface area contributed by atoms with Crippen LogP contribution in [0.1, 0.15) is 22.9 Å². The van der Waals surface area contributed by atoms with E-state index in [1.165, 1.54) is 31.6 Å². The molecular formula is C21H20N2O6S. The minimum atomic E-state index is -4.05. The summed E-state index contributed by atoms with van der Waals surface area (Å²) in [5, 5.41) is 11.9. The molecule has 0 radical (unpaired) electrons. The highest BCUT2D eigenvalue weighted by atomic mass is 32.2. The monoisotopic (exact) mass is 428 g/mol.